The third kappa shape index (κ3) is 6.39. The number of halogens is 2. The van der Waals surface area contributed by atoms with Gasteiger partial charge in [-0.15, -0.1) is 0 Å². The lowest BCUT2D eigenvalue weighted by atomic mass is 10.0. The highest BCUT2D eigenvalue weighted by Crippen LogP contribution is 2.16. The summed E-state index contributed by atoms with van der Waals surface area (Å²) >= 11 is 10.6. The van der Waals surface area contributed by atoms with E-state index in [-0.39, 0.29) is 22.3 Å². The first-order valence-electron chi connectivity index (χ1n) is 4.83. The summed E-state index contributed by atoms with van der Waals surface area (Å²) in [6.45, 7) is 3.62. The van der Waals surface area contributed by atoms with Crippen molar-refractivity contribution >= 4 is 33.7 Å². The molecule has 0 radical (unpaired) electrons. The predicted molar refractivity (Wildman–Crippen MR) is 58.5 cm³/mol. The van der Waals surface area contributed by atoms with Crippen molar-refractivity contribution in [2.45, 2.75) is 39.5 Å². The fourth-order valence-electron chi connectivity index (χ4n) is 1.13. The molecule has 0 N–H and O–H groups in total. The van der Waals surface area contributed by atoms with Crippen LogP contribution in [0.3, 0.4) is 0 Å². The molecule has 2 unspecified atom stereocenters. The molecule has 2 atom stereocenters. The molecule has 0 fully saturated rings. The third-order valence-electron chi connectivity index (χ3n) is 2.30. The van der Waals surface area contributed by atoms with E-state index in [4.69, 9.17) is 23.2 Å². The monoisotopic (exact) mass is 238 g/mol. The predicted octanol–water partition coefficient (Wildman–Crippen LogP) is 3.35. The first-order valence-corrected chi connectivity index (χ1v) is 5.59. The van der Waals surface area contributed by atoms with Gasteiger partial charge in [0.15, 0.2) is 0 Å². The number of hydrogen-bond donors (Lipinski definition) is 0. The largest absolute Gasteiger partial charge is 0.281 e. The van der Waals surface area contributed by atoms with Gasteiger partial charge in [0.05, 0.1) is 0 Å². The molecule has 0 rings (SSSR count). The van der Waals surface area contributed by atoms with E-state index >= 15 is 0 Å². The Balaban J connectivity index is 3.47. The number of rotatable bonds is 7. The average molecular weight is 239 g/mol. The van der Waals surface area contributed by atoms with Crippen LogP contribution in [0.15, 0.2) is 0 Å². The van der Waals surface area contributed by atoms with Crippen LogP contribution in [0.4, 0.5) is 0 Å². The standard InChI is InChI=1S/C10H16Cl2O2/c1-7(9(11)13)5-3-4-6-8(2)10(12)14/h7-8H,3-6H2,1-2H3. The summed E-state index contributed by atoms with van der Waals surface area (Å²) in [5, 5.41) is -0.571. The van der Waals surface area contributed by atoms with Crippen molar-refractivity contribution in [2.75, 3.05) is 0 Å². The van der Waals surface area contributed by atoms with Crippen LogP contribution >= 0.6 is 23.2 Å². The third-order valence-corrected chi connectivity index (χ3v) is 3.04. The molecule has 0 aromatic heterocycles. The lowest BCUT2D eigenvalue weighted by Crippen LogP contribution is -2.05. The highest BCUT2D eigenvalue weighted by molar-refractivity contribution is 6.64. The van der Waals surface area contributed by atoms with Crippen molar-refractivity contribution in [1.29, 1.82) is 0 Å². The van der Waals surface area contributed by atoms with E-state index in [2.05, 4.69) is 0 Å². The summed E-state index contributed by atoms with van der Waals surface area (Å²) in [5.41, 5.74) is 0. The maximum atomic E-state index is 10.7. The summed E-state index contributed by atoms with van der Waals surface area (Å²) in [4.78, 5) is 21.3. The maximum Gasteiger partial charge on any atom is 0.224 e. The Morgan fingerprint density at radius 3 is 1.43 bits per heavy atom. The van der Waals surface area contributed by atoms with Gasteiger partial charge in [-0.05, 0) is 36.0 Å². The van der Waals surface area contributed by atoms with Gasteiger partial charge in [-0.1, -0.05) is 26.7 Å². The number of hydrogen-bond acceptors (Lipinski definition) is 2. The molecule has 0 spiro atoms. The van der Waals surface area contributed by atoms with Gasteiger partial charge in [-0.25, -0.2) is 0 Å². The molecule has 82 valence electrons. The molecule has 0 heterocycles. The summed E-state index contributed by atoms with van der Waals surface area (Å²) in [5.74, 6) is -0.169. The summed E-state index contributed by atoms with van der Waals surface area (Å²) in [7, 11) is 0. The van der Waals surface area contributed by atoms with Gasteiger partial charge in [0, 0.05) is 11.8 Å². The minimum atomic E-state index is -0.286. The Kier molecular flexibility index (Phi) is 7.20. The zero-order valence-electron chi connectivity index (χ0n) is 8.56. The van der Waals surface area contributed by atoms with Gasteiger partial charge >= 0.3 is 0 Å². The van der Waals surface area contributed by atoms with E-state index in [1.807, 2.05) is 13.8 Å². The van der Waals surface area contributed by atoms with Gasteiger partial charge in [0.2, 0.25) is 10.5 Å². The van der Waals surface area contributed by atoms with Crippen LogP contribution < -0.4 is 0 Å². The second kappa shape index (κ2) is 7.24. The van der Waals surface area contributed by atoms with Crippen molar-refractivity contribution in [1.82, 2.24) is 0 Å². The lowest BCUT2D eigenvalue weighted by molar-refractivity contribution is -0.115. The lowest BCUT2D eigenvalue weighted by Gasteiger charge is -2.07. The molecule has 14 heavy (non-hydrogen) atoms. The molecule has 0 saturated heterocycles. The Hall–Kier alpha value is -0.0800. The van der Waals surface area contributed by atoms with Crippen LogP contribution in [-0.4, -0.2) is 10.5 Å². The summed E-state index contributed by atoms with van der Waals surface area (Å²) < 4.78 is 0. The molecule has 4 heteroatoms. The van der Waals surface area contributed by atoms with Crippen LogP contribution in [0.25, 0.3) is 0 Å². The van der Waals surface area contributed by atoms with Gasteiger partial charge in [0.1, 0.15) is 0 Å². The van der Waals surface area contributed by atoms with Crippen molar-refractivity contribution in [2.24, 2.45) is 11.8 Å². The van der Waals surface area contributed by atoms with E-state index in [0.717, 1.165) is 25.7 Å². The van der Waals surface area contributed by atoms with Crippen LogP contribution in [0.2, 0.25) is 0 Å². The quantitative estimate of drug-likeness (QED) is 0.504. The van der Waals surface area contributed by atoms with Crippen molar-refractivity contribution in [3.8, 4) is 0 Å². The smallest absolute Gasteiger partial charge is 0.224 e. The minimum Gasteiger partial charge on any atom is -0.281 e. The highest BCUT2D eigenvalue weighted by atomic mass is 35.5. The topological polar surface area (TPSA) is 34.1 Å². The number of carbonyl (C=O) groups excluding carboxylic acids is 2. The fourth-order valence-corrected chi connectivity index (χ4v) is 1.35. The van der Waals surface area contributed by atoms with E-state index in [1.165, 1.54) is 0 Å². The molecule has 0 aromatic rings. The molecular formula is C10H16Cl2O2. The van der Waals surface area contributed by atoms with Gasteiger partial charge in [0.25, 0.3) is 0 Å². The molecule has 0 aliphatic carbocycles. The highest BCUT2D eigenvalue weighted by Gasteiger charge is 2.11. The normalized spacial score (nSPS) is 14.9. The molecular weight excluding hydrogens is 223 g/mol. The van der Waals surface area contributed by atoms with Gasteiger partial charge in [-0.2, -0.15) is 0 Å². The van der Waals surface area contributed by atoms with Crippen LogP contribution in [-0.2, 0) is 9.59 Å². The van der Waals surface area contributed by atoms with Crippen LogP contribution in [0.1, 0.15) is 39.5 Å². The minimum absolute atomic E-state index is 0.0846. The number of unbranched alkanes of at least 4 members (excludes halogenated alkanes) is 1. The molecule has 0 bridgehead atoms. The van der Waals surface area contributed by atoms with E-state index in [9.17, 15) is 9.59 Å². The fraction of sp³-hybridized carbons (Fsp3) is 0.800. The SMILES string of the molecule is CC(CCCCC(C)C(=O)Cl)C(=O)Cl. The average Bonchev–Trinajstić information content (AvgIpc) is 2.11. The summed E-state index contributed by atoms with van der Waals surface area (Å²) in [6, 6.07) is 0. The Morgan fingerprint density at radius 1 is 0.929 bits per heavy atom. The maximum absolute atomic E-state index is 10.7. The van der Waals surface area contributed by atoms with Crippen LogP contribution in [0, 0.1) is 11.8 Å². The van der Waals surface area contributed by atoms with Crippen molar-refractivity contribution < 1.29 is 9.59 Å². The first kappa shape index (κ1) is 13.9. The van der Waals surface area contributed by atoms with Gasteiger partial charge in [-0.3, -0.25) is 9.59 Å². The molecule has 0 aliphatic rings. The molecule has 0 aromatic carbocycles. The zero-order valence-corrected chi connectivity index (χ0v) is 10.1. The van der Waals surface area contributed by atoms with Crippen LogP contribution in [0.5, 0.6) is 0 Å². The Morgan fingerprint density at radius 2 is 1.21 bits per heavy atom. The Bertz CT molecular complexity index is 182. The molecule has 0 saturated carbocycles. The molecule has 0 amide bonds. The van der Waals surface area contributed by atoms with Gasteiger partial charge < -0.3 is 0 Å². The van der Waals surface area contributed by atoms with E-state index < -0.39 is 0 Å². The second-order valence-corrected chi connectivity index (χ2v) is 4.44. The summed E-state index contributed by atoms with van der Waals surface area (Å²) in [6.07, 6.45) is 3.39. The first-order chi connectivity index (χ1) is 6.45. The Labute approximate surface area is 95.0 Å². The molecule has 0 aliphatic heterocycles. The second-order valence-electron chi connectivity index (χ2n) is 3.69. The van der Waals surface area contributed by atoms with E-state index in [0.29, 0.717) is 0 Å². The van der Waals surface area contributed by atoms with Crippen molar-refractivity contribution in [3.05, 3.63) is 0 Å². The molecule has 2 nitrogen and oxygen atoms in total. The zero-order chi connectivity index (χ0) is 11.1. The van der Waals surface area contributed by atoms with E-state index in [1.54, 1.807) is 0 Å². The number of carbonyl (C=O) groups is 2. The van der Waals surface area contributed by atoms with Crippen molar-refractivity contribution in [3.63, 3.8) is 0 Å².